The van der Waals surface area contributed by atoms with Crippen molar-refractivity contribution in [1.82, 2.24) is 10.2 Å². The Kier molecular flexibility index (Phi) is 7.09. The molecule has 1 heterocycles. The van der Waals surface area contributed by atoms with Gasteiger partial charge in [-0.15, -0.1) is 0 Å². The van der Waals surface area contributed by atoms with Crippen molar-refractivity contribution in [2.75, 3.05) is 25.0 Å². The number of benzene rings is 1. The number of amides is 2. The van der Waals surface area contributed by atoms with E-state index in [1.807, 2.05) is 0 Å². The number of hydrogen-bond donors (Lipinski definition) is 2. The summed E-state index contributed by atoms with van der Waals surface area (Å²) in [5.41, 5.74) is 3.41. The lowest BCUT2D eigenvalue weighted by molar-refractivity contribution is 0.191. The molecule has 4 heteroatoms. The Labute approximate surface area is 178 Å². The molecule has 2 rings (SSSR count). The summed E-state index contributed by atoms with van der Waals surface area (Å²) in [5.74, 6) is 0. The van der Waals surface area contributed by atoms with Crippen LogP contribution in [-0.2, 0) is 10.8 Å². The summed E-state index contributed by atoms with van der Waals surface area (Å²) in [6.07, 6.45) is 2.52. The first-order valence-electron chi connectivity index (χ1n) is 11.1. The zero-order valence-corrected chi connectivity index (χ0v) is 20.2. The van der Waals surface area contributed by atoms with Crippen LogP contribution in [0.1, 0.15) is 86.3 Å². The van der Waals surface area contributed by atoms with Crippen LogP contribution in [0.2, 0.25) is 0 Å². The Morgan fingerprint density at radius 3 is 1.79 bits per heavy atom. The maximum atomic E-state index is 12.9. The summed E-state index contributed by atoms with van der Waals surface area (Å²) in [6.45, 7) is 23.1. The quantitative estimate of drug-likeness (QED) is 0.658. The highest BCUT2D eigenvalue weighted by Crippen LogP contribution is 2.32. The highest BCUT2D eigenvalue weighted by Gasteiger charge is 2.29. The van der Waals surface area contributed by atoms with E-state index in [0.717, 1.165) is 25.3 Å². The number of nitrogens with zero attached hydrogens (tertiary/aromatic N) is 1. The van der Waals surface area contributed by atoms with Crippen molar-refractivity contribution in [2.24, 2.45) is 5.41 Å². The Morgan fingerprint density at radius 1 is 0.897 bits per heavy atom. The van der Waals surface area contributed by atoms with Gasteiger partial charge in [-0.2, -0.15) is 0 Å². The van der Waals surface area contributed by atoms with E-state index in [1.165, 1.54) is 24.0 Å². The number of anilines is 1. The van der Waals surface area contributed by atoms with Crippen molar-refractivity contribution in [1.29, 1.82) is 0 Å². The molecular formula is C25H43N3O. The molecule has 0 saturated carbocycles. The molecule has 0 radical (unpaired) electrons. The fraction of sp³-hybridized carbons (Fsp3) is 0.720. The molecule has 1 aliphatic rings. The number of hydrogen-bond acceptors (Lipinski definition) is 2. The third kappa shape index (κ3) is 7.02. The van der Waals surface area contributed by atoms with E-state index >= 15 is 0 Å². The van der Waals surface area contributed by atoms with Gasteiger partial charge in [0.15, 0.2) is 0 Å². The molecule has 0 aliphatic carbocycles. The number of carbonyl (C=O) groups is 1. The van der Waals surface area contributed by atoms with Crippen molar-refractivity contribution in [2.45, 2.75) is 92.0 Å². The Hall–Kier alpha value is -1.55. The zero-order valence-electron chi connectivity index (χ0n) is 20.2. The first kappa shape index (κ1) is 23.7. The van der Waals surface area contributed by atoms with Gasteiger partial charge < -0.3 is 15.5 Å². The maximum absolute atomic E-state index is 12.9. The second kappa shape index (κ2) is 8.67. The van der Waals surface area contributed by atoms with Crippen molar-refractivity contribution < 1.29 is 4.79 Å². The van der Waals surface area contributed by atoms with Gasteiger partial charge in [-0.3, -0.25) is 0 Å². The first-order valence-corrected chi connectivity index (χ1v) is 11.1. The summed E-state index contributed by atoms with van der Waals surface area (Å²) in [4.78, 5) is 15.4. The number of urea groups is 1. The van der Waals surface area contributed by atoms with Crippen molar-refractivity contribution in [3.05, 3.63) is 29.3 Å². The smallest absolute Gasteiger partial charge is 0.319 e. The van der Waals surface area contributed by atoms with Gasteiger partial charge in [-0.25, -0.2) is 4.79 Å². The number of likely N-dealkylation sites (tertiary alicyclic amines) is 1. The second-order valence-corrected chi connectivity index (χ2v) is 11.8. The standard InChI is InChI=1S/C25H43N3O/c1-23(2,3)18-14-19(24(4,5)6)16-20(15-18)26-22(29)27-21(25(7,8)9)17-28-12-10-11-13-28/h14-16,21H,10-13,17H2,1-9H3,(H2,26,27,29)/t21-/m1/s1. The maximum Gasteiger partial charge on any atom is 0.319 e. The molecule has 1 atom stereocenters. The van der Waals surface area contributed by atoms with E-state index in [9.17, 15) is 4.79 Å². The van der Waals surface area contributed by atoms with Gasteiger partial charge in [0.05, 0.1) is 0 Å². The second-order valence-electron chi connectivity index (χ2n) is 11.8. The minimum atomic E-state index is -0.116. The third-order valence-electron chi connectivity index (χ3n) is 5.91. The molecule has 4 nitrogen and oxygen atoms in total. The predicted octanol–water partition coefficient (Wildman–Crippen LogP) is 5.91. The van der Waals surface area contributed by atoms with E-state index in [0.29, 0.717) is 0 Å². The average Bonchev–Trinajstić information content (AvgIpc) is 3.04. The molecule has 0 bridgehead atoms. The van der Waals surface area contributed by atoms with Crippen LogP contribution < -0.4 is 10.6 Å². The van der Waals surface area contributed by atoms with Crippen LogP contribution in [0.25, 0.3) is 0 Å². The van der Waals surface area contributed by atoms with Crippen molar-refractivity contribution in [3.63, 3.8) is 0 Å². The normalized spacial score (nSPS) is 17.3. The molecule has 29 heavy (non-hydrogen) atoms. The molecule has 1 fully saturated rings. The van der Waals surface area contributed by atoms with Crippen LogP contribution in [-0.4, -0.2) is 36.6 Å². The van der Waals surface area contributed by atoms with Crippen LogP contribution in [0.4, 0.5) is 10.5 Å². The molecule has 0 spiro atoms. The summed E-state index contributed by atoms with van der Waals surface area (Å²) in [5, 5.41) is 6.38. The minimum absolute atomic E-state index is 0.00373. The largest absolute Gasteiger partial charge is 0.333 e. The van der Waals surface area contributed by atoms with Gasteiger partial charge in [0.25, 0.3) is 0 Å². The Morgan fingerprint density at radius 2 is 1.38 bits per heavy atom. The van der Waals surface area contributed by atoms with E-state index in [-0.39, 0.29) is 28.3 Å². The summed E-state index contributed by atoms with van der Waals surface area (Å²) < 4.78 is 0. The highest BCUT2D eigenvalue weighted by atomic mass is 16.2. The number of nitrogens with one attached hydrogen (secondary N) is 2. The van der Waals surface area contributed by atoms with Gasteiger partial charge in [0.1, 0.15) is 0 Å². The minimum Gasteiger partial charge on any atom is -0.333 e. The molecule has 1 aromatic carbocycles. The summed E-state index contributed by atoms with van der Waals surface area (Å²) >= 11 is 0. The molecule has 1 aromatic rings. The predicted molar refractivity (Wildman–Crippen MR) is 125 cm³/mol. The fourth-order valence-electron chi connectivity index (χ4n) is 3.65. The molecular weight excluding hydrogens is 358 g/mol. The van der Waals surface area contributed by atoms with Crippen LogP contribution >= 0.6 is 0 Å². The zero-order chi connectivity index (χ0) is 22.0. The fourth-order valence-corrected chi connectivity index (χ4v) is 3.65. The monoisotopic (exact) mass is 401 g/mol. The lowest BCUT2D eigenvalue weighted by Gasteiger charge is -2.34. The van der Waals surface area contributed by atoms with Crippen LogP contribution in [0.15, 0.2) is 18.2 Å². The summed E-state index contributed by atoms with van der Waals surface area (Å²) in [6, 6.07) is 6.49. The Bertz CT molecular complexity index is 666. The molecule has 0 unspecified atom stereocenters. The van der Waals surface area contributed by atoms with E-state index in [2.05, 4.69) is 96.0 Å². The molecule has 2 amide bonds. The van der Waals surface area contributed by atoms with Gasteiger partial charge >= 0.3 is 6.03 Å². The Balaban J connectivity index is 2.19. The molecule has 164 valence electrons. The van der Waals surface area contributed by atoms with Gasteiger partial charge in [-0.1, -0.05) is 68.4 Å². The van der Waals surface area contributed by atoms with Gasteiger partial charge in [-0.05, 0) is 65.4 Å². The molecule has 2 N–H and O–H groups in total. The van der Waals surface area contributed by atoms with Gasteiger partial charge in [0.2, 0.25) is 0 Å². The van der Waals surface area contributed by atoms with Crippen LogP contribution in [0, 0.1) is 5.41 Å². The van der Waals surface area contributed by atoms with E-state index in [4.69, 9.17) is 0 Å². The SMILES string of the molecule is CC(C)(C)c1cc(NC(=O)N[C@H](CN2CCCC2)C(C)(C)C)cc(C(C)(C)C)c1. The van der Waals surface area contributed by atoms with Gasteiger partial charge in [0, 0.05) is 18.3 Å². The van der Waals surface area contributed by atoms with Crippen LogP contribution in [0.5, 0.6) is 0 Å². The first-order chi connectivity index (χ1) is 13.2. The van der Waals surface area contributed by atoms with Crippen molar-refractivity contribution in [3.8, 4) is 0 Å². The topological polar surface area (TPSA) is 44.4 Å². The summed E-state index contributed by atoms with van der Waals surface area (Å²) in [7, 11) is 0. The molecule has 1 saturated heterocycles. The number of carbonyl (C=O) groups excluding carboxylic acids is 1. The highest BCUT2D eigenvalue weighted by molar-refractivity contribution is 5.89. The lowest BCUT2D eigenvalue weighted by Crippen LogP contribution is -2.51. The average molecular weight is 402 g/mol. The molecule has 1 aliphatic heterocycles. The third-order valence-corrected chi connectivity index (χ3v) is 5.91. The van der Waals surface area contributed by atoms with E-state index in [1.54, 1.807) is 0 Å². The van der Waals surface area contributed by atoms with E-state index < -0.39 is 0 Å². The molecule has 0 aromatic heterocycles. The van der Waals surface area contributed by atoms with Crippen LogP contribution in [0.3, 0.4) is 0 Å². The number of rotatable bonds is 4. The van der Waals surface area contributed by atoms with Crippen molar-refractivity contribution >= 4 is 11.7 Å². The lowest BCUT2D eigenvalue weighted by atomic mass is 9.80.